The van der Waals surface area contributed by atoms with Crippen LogP contribution in [-0.2, 0) is 26.2 Å². The molecule has 3 aromatic rings. The quantitative estimate of drug-likeness (QED) is 0.292. The third-order valence-electron chi connectivity index (χ3n) is 6.15. The van der Waals surface area contributed by atoms with E-state index in [0.717, 1.165) is 20.8 Å². The highest BCUT2D eigenvalue weighted by Gasteiger charge is 2.33. The van der Waals surface area contributed by atoms with E-state index in [1.807, 2.05) is 26.0 Å². The van der Waals surface area contributed by atoms with Crippen molar-refractivity contribution < 1.29 is 22.7 Å². The number of nitrogens with zero attached hydrogens (tertiary/aromatic N) is 2. The van der Waals surface area contributed by atoms with Crippen LogP contribution in [0.1, 0.15) is 32.3 Å². The molecule has 39 heavy (non-hydrogen) atoms. The van der Waals surface area contributed by atoms with Crippen molar-refractivity contribution in [3.8, 4) is 5.75 Å². The first-order chi connectivity index (χ1) is 18.7. The van der Waals surface area contributed by atoms with Gasteiger partial charge in [0.2, 0.25) is 11.8 Å². The van der Waals surface area contributed by atoms with Gasteiger partial charge in [-0.25, -0.2) is 8.42 Å². The van der Waals surface area contributed by atoms with Gasteiger partial charge in [0.05, 0.1) is 17.7 Å². The number of methoxy groups -OCH3 is 1. The molecule has 1 atom stereocenters. The van der Waals surface area contributed by atoms with Gasteiger partial charge in [0, 0.05) is 17.6 Å². The maximum atomic E-state index is 14.0. The van der Waals surface area contributed by atoms with Crippen molar-refractivity contribution in [2.45, 2.75) is 44.2 Å². The third kappa shape index (κ3) is 7.83. The number of hydrogen-bond acceptors (Lipinski definition) is 5. The molecule has 8 nitrogen and oxygen atoms in total. The molecule has 10 heteroatoms. The van der Waals surface area contributed by atoms with Gasteiger partial charge in [-0.15, -0.1) is 0 Å². The van der Waals surface area contributed by atoms with Crippen LogP contribution in [-0.4, -0.2) is 51.4 Å². The van der Waals surface area contributed by atoms with Crippen molar-refractivity contribution in [2.24, 2.45) is 0 Å². The van der Waals surface area contributed by atoms with Gasteiger partial charge in [0.1, 0.15) is 18.3 Å². The van der Waals surface area contributed by atoms with Crippen molar-refractivity contribution >= 4 is 43.5 Å². The van der Waals surface area contributed by atoms with E-state index in [1.165, 1.54) is 17.0 Å². The Kier molecular flexibility index (Phi) is 10.9. The molecule has 0 saturated carbocycles. The van der Waals surface area contributed by atoms with E-state index in [-0.39, 0.29) is 17.3 Å². The molecule has 0 fully saturated rings. The Balaban J connectivity index is 2.04. The van der Waals surface area contributed by atoms with Crippen LogP contribution >= 0.6 is 15.9 Å². The van der Waals surface area contributed by atoms with Gasteiger partial charge >= 0.3 is 0 Å². The predicted molar refractivity (Wildman–Crippen MR) is 156 cm³/mol. The molecule has 0 radical (unpaired) electrons. The number of rotatable bonds is 13. The van der Waals surface area contributed by atoms with Crippen molar-refractivity contribution in [3.63, 3.8) is 0 Å². The normalized spacial score (nSPS) is 11.9. The molecular formula is C29H34BrN3O5S. The number of carbonyl (C=O) groups is 2. The van der Waals surface area contributed by atoms with Gasteiger partial charge in [-0.1, -0.05) is 60.1 Å². The average molecular weight is 617 g/mol. The number of benzene rings is 3. The number of anilines is 1. The van der Waals surface area contributed by atoms with Gasteiger partial charge < -0.3 is 15.0 Å². The summed E-state index contributed by atoms with van der Waals surface area (Å²) in [4.78, 5) is 28.7. The molecule has 0 aromatic heterocycles. The lowest BCUT2D eigenvalue weighted by atomic mass is 10.1. The Morgan fingerprint density at radius 1 is 0.974 bits per heavy atom. The summed E-state index contributed by atoms with van der Waals surface area (Å²) in [5, 5.41) is 2.88. The summed E-state index contributed by atoms with van der Waals surface area (Å²) in [6.07, 6.45) is 1.10. The lowest BCUT2D eigenvalue weighted by Gasteiger charge is -2.33. The minimum atomic E-state index is -4.10. The van der Waals surface area contributed by atoms with Crippen LogP contribution in [0.15, 0.2) is 88.2 Å². The molecule has 2 amide bonds. The van der Waals surface area contributed by atoms with Crippen LogP contribution in [0.5, 0.6) is 5.75 Å². The van der Waals surface area contributed by atoms with Crippen LogP contribution in [0, 0.1) is 0 Å². The number of amides is 2. The fourth-order valence-corrected chi connectivity index (χ4v) is 5.81. The zero-order chi connectivity index (χ0) is 28.4. The zero-order valence-corrected chi connectivity index (χ0v) is 24.7. The molecule has 0 unspecified atom stereocenters. The molecule has 0 spiro atoms. The highest BCUT2D eigenvalue weighted by atomic mass is 79.9. The number of sulfonamides is 1. The first-order valence-electron chi connectivity index (χ1n) is 12.7. The maximum absolute atomic E-state index is 14.0. The molecule has 3 rings (SSSR count). The summed E-state index contributed by atoms with van der Waals surface area (Å²) in [5.41, 5.74) is 1.09. The second kappa shape index (κ2) is 14.1. The minimum absolute atomic E-state index is 0.0628. The topological polar surface area (TPSA) is 96.0 Å². The SMILES string of the molecule is CCCNC(=O)[C@@H](CC)N(Cc1cccc(OC)c1)C(=O)CN(c1ccc(Br)cc1)S(=O)(=O)c1ccccc1. The highest BCUT2D eigenvalue weighted by Crippen LogP contribution is 2.26. The molecule has 1 N–H and O–H groups in total. The van der Waals surface area contributed by atoms with E-state index < -0.39 is 28.5 Å². The largest absolute Gasteiger partial charge is 0.497 e. The van der Waals surface area contributed by atoms with Gasteiger partial charge in [0.25, 0.3) is 10.0 Å². The fourth-order valence-electron chi connectivity index (χ4n) is 4.11. The van der Waals surface area contributed by atoms with E-state index in [2.05, 4.69) is 21.2 Å². The highest BCUT2D eigenvalue weighted by molar-refractivity contribution is 9.10. The summed E-state index contributed by atoms with van der Waals surface area (Å²) in [5.74, 6) is -0.165. The summed E-state index contributed by atoms with van der Waals surface area (Å²) in [6, 6.07) is 21.1. The van der Waals surface area contributed by atoms with Crippen molar-refractivity contribution in [1.29, 1.82) is 0 Å². The maximum Gasteiger partial charge on any atom is 0.264 e. The molecule has 3 aromatic carbocycles. The fraction of sp³-hybridized carbons (Fsp3) is 0.310. The average Bonchev–Trinajstić information content (AvgIpc) is 2.95. The van der Waals surface area contributed by atoms with E-state index in [4.69, 9.17) is 4.74 Å². The monoisotopic (exact) mass is 615 g/mol. The summed E-state index contributed by atoms with van der Waals surface area (Å²) >= 11 is 3.38. The zero-order valence-electron chi connectivity index (χ0n) is 22.3. The van der Waals surface area contributed by atoms with Crippen LogP contribution in [0.25, 0.3) is 0 Å². The predicted octanol–water partition coefficient (Wildman–Crippen LogP) is 4.99. The van der Waals surface area contributed by atoms with Crippen molar-refractivity contribution in [3.05, 3.63) is 88.9 Å². The van der Waals surface area contributed by atoms with Crippen molar-refractivity contribution in [2.75, 3.05) is 24.5 Å². The van der Waals surface area contributed by atoms with Crippen LogP contribution in [0.4, 0.5) is 5.69 Å². The first kappa shape index (κ1) is 30.2. The Morgan fingerprint density at radius 3 is 2.28 bits per heavy atom. The summed E-state index contributed by atoms with van der Waals surface area (Å²) in [7, 11) is -2.54. The van der Waals surface area contributed by atoms with E-state index >= 15 is 0 Å². The Hall–Kier alpha value is -3.37. The van der Waals surface area contributed by atoms with Crippen LogP contribution in [0.3, 0.4) is 0 Å². The van der Waals surface area contributed by atoms with E-state index in [1.54, 1.807) is 61.7 Å². The minimum Gasteiger partial charge on any atom is -0.497 e. The number of hydrogen-bond donors (Lipinski definition) is 1. The first-order valence-corrected chi connectivity index (χ1v) is 15.0. The van der Waals surface area contributed by atoms with Gasteiger partial charge in [-0.2, -0.15) is 0 Å². The lowest BCUT2D eigenvalue weighted by Crippen LogP contribution is -2.52. The van der Waals surface area contributed by atoms with Crippen LogP contribution < -0.4 is 14.4 Å². The summed E-state index contributed by atoms with van der Waals surface area (Å²) in [6.45, 7) is 3.87. The standard InChI is InChI=1S/C29H34BrN3O5S/c1-4-18-31-29(35)27(5-2)32(20-22-10-9-11-25(19-22)38-3)28(34)21-33(24-16-14-23(30)15-17-24)39(36,37)26-12-7-6-8-13-26/h6-17,19,27H,4-5,18,20-21H2,1-3H3,(H,31,35)/t27-/m1/s1. The van der Waals surface area contributed by atoms with Gasteiger partial charge in [0.15, 0.2) is 0 Å². The number of nitrogens with one attached hydrogen (secondary N) is 1. The molecule has 0 aliphatic heterocycles. The van der Waals surface area contributed by atoms with Gasteiger partial charge in [-0.05, 0) is 66.9 Å². The smallest absolute Gasteiger partial charge is 0.264 e. The molecule has 0 aliphatic rings. The third-order valence-corrected chi connectivity index (χ3v) is 8.46. The lowest BCUT2D eigenvalue weighted by molar-refractivity contribution is -0.140. The Bertz CT molecular complexity index is 1350. The van der Waals surface area contributed by atoms with Crippen molar-refractivity contribution in [1.82, 2.24) is 10.2 Å². The summed E-state index contributed by atoms with van der Waals surface area (Å²) < 4.78 is 34.8. The molecular weight excluding hydrogens is 582 g/mol. The van der Waals surface area contributed by atoms with E-state index in [0.29, 0.717) is 24.4 Å². The second-order valence-electron chi connectivity index (χ2n) is 8.89. The van der Waals surface area contributed by atoms with Crippen LogP contribution in [0.2, 0.25) is 0 Å². The number of ether oxygens (including phenoxy) is 1. The molecule has 0 heterocycles. The van der Waals surface area contributed by atoms with E-state index in [9.17, 15) is 18.0 Å². The molecule has 0 aliphatic carbocycles. The van der Waals surface area contributed by atoms with Gasteiger partial charge in [-0.3, -0.25) is 13.9 Å². The second-order valence-corrected chi connectivity index (χ2v) is 11.7. The number of halogens is 1. The Morgan fingerprint density at radius 2 is 1.67 bits per heavy atom. The number of carbonyl (C=O) groups excluding carboxylic acids is 2. The Labute approximate surface area is 239 Å². The molecule has 0 bridgehead atoms. The molecule has 0 saturated heterocycles. The molecule has 208 valence electrons.